The molecule has 0 saturated carbocycles. The van der Waals surface area contributed by atoms with Crippen molar-refractivity contribution in [3.63, 3.8) is 0 Å². The summed E-state index contributed by atoms with van der Waals surface area (Å²) in [5.41, 5.74) is 2.78. The average Bonchev–Trinajstić information content (AvgIpc) is 3.03. The van der Waals surface area contributed by atoms with Crippen LogP contribution in [0.3, 0.4) is 0 Å². The number of fused-ring (bicyclic) bond motifs is 1. The molecule has 0 N–H and O–H groups in total. The Bertz CT molecular complexity index is 832. The molecule has 1 aromatic carbocycles. The fourth-order valence-electron chi connectivity index (χ4n) is 2.25. The van der Waals surface area contributed by atoms with Gasteiger partial charge in [-0.25, -0.2) is 9.36 Å². The van der Waals surface area contributed by atoms with Crippen LogP contribution in [0.5, 0.6) is 0 Å². The maximum absolute atomic E-state index is 12.7. The number of carbonyl (C=O) groups excluding carboxylic acids is 1. The molecule has 3 aromatic rings. The molecule has 0 unspecified atom stereocenters. The van der Waals surface area contributed by atoms with Crippen molar-refractivity contribution in [2.24, 2.45) is 0 Å². The highest BCUT2D eigenvalue weighted by Crippen LogP contribution is 2.39. The minimum Gasteiger partial charge on any atom is -0.443 e. The van der Waals surface area contributed by atoms with Crippen LogP contribution in [0.2, 0.25) is 0 Å². The summed E-state index contributed by atoms with van der Waals surface area (Å²) in [7, 11) is 0. The van der Waals surface area contributed by atoms with Gasteiger partial charge in [0.25, 0.3) is 0 Å². The Kier molecular flexibility index (Phi) is 3.82. The van der Waals surface area contributed by atoms with Gasteiger partial charge < -0.3 is 4.74 Å². The second-order valence-corrected chi connectivity index (χ2v) is 7.54. The maximum atomic E-state index is 12.7. The van der Waals surface area contributed by atoms with Gasteiger partial charge in [0.05, 0.1) is 26.1 Å². The van der Waals surface area contributed by atoms with Crippen molar-refractivity contribution >= 4 is 44.3 Å². The molecule has 6 heteroatoms. The summed E-state index contributed by atoms with van der Waals surface area (Å²) in [6.07, 6.45) is 1.36. The molecule has 2 aromatic heterocycles. The molecule has 0 radical (unpaired) electrons. The van der Waals surface area contributed by atoms with Crippen molar-refractivity contribution in [3.8, 4) is 10.6 Å². The third-order valence-electron chi connectivity index (χ3n) is 3.05. The van der Waals surface area contributed by atoms with Crippen molar-refractivity contribution in [3.05, 3.63) is 40.4 Å². The van der Waals surface area contributed by atoms with Gasteiger partial charge in [0.15, 0.2) is 0 Å². The van der Waals surface area contributed by atoms with Crippen LogP contribution in [0, 0.1) is 0 Å². The van der Waals surface area contributed by atoms with Crippen LogP contribution in [-0.2, 0) is 4.74 Å². The molecular formula is C16H15BrN2O2S. The monoisotopic (exact) mass is 378 g/mol. The lowest BCUT2D eigenvalue weighted by molar-refractivity contribution is 0.0547. The lowest BCUT2D eigenvalue weighted by Crippen LogP contribution is -2.27. The molecule has 0 spiro atoms. The molecule has 22 heavy (non-hydrogen) atoms. The van der Waals surface area contributed by atoms with Gasteiger partial charge in [-0.05, 0) is 42.8 Å². The van der Waals surface area contributed by atoms with E-state index >= 15 is 0 Å². The summed E-state index contributed by atoms with van der Waals surface area (Å²) in [5.74, 6) is 0. The van der Waals surface area contributed by atoms with E-state index in [4.69, 9.17) is 4.74 Å². The number of halogens is 1. The third-order valence-corrected chi connectivity index (χ3v) is 4.64. The van der Waals surface area contributed by atoms with E-state index in [-0.39, 0.29) is 0 Å². The lowest BCUT2D eigenvalue weighted by Gasteiger charge is -2.20. The first-order valence-electron chi connectivity index (χ1n) is 6.79. The standard InChI is InChI=1S/C16H15BrN2O2S/c1-16(2,3)21-15(20)19-11-7-5-4-6-10(11)13(17)14(19)12-8-18-9-22-12/h4-9H,1-3H3. The lowest BCUT2D eigenvalue weighted by atomic mass is 10.2. The number of hydrogen-bond donors (Lipinski definition) is 0. The predicted octanol–water partition coefficient (Wildman–Crippen LogP) is 5.31. The first-order chi connectivity index (χ1) is 10.4. The second kappa shape index (κ2) is 5.52. The van der Waals surface area contributed by atoms with Crippen molar-refractivity contribution in [2.45, 2.75) is 26.4 Å². The summed E-state index contributed by atoms with van der Waals surface area (Å²) in [6.45, 7) is 5.58. The average molecular weight is 379 g/mol. The van der Waals surface area contributed by atoms with Gasteiger partial charge >= 0.3 is 6.09 Å². The number of ether oxygens (including phenoxy) is 1. The Morgan fingerprint density at radius 3 is 2.68 bits per heavy atom. The quantitative estimate of drug-likeness (QED) is 0.576. The van der Waals surface area contributed by atoms with E-state index in [0.717, 1.165) is 25.9 Å². The van der Waals surface area contributed by atoms with Gasteiger partial charge in [0.1, 0.15) is 5.60 Å². The number of aromatic nitrogens is 2. The number of benzene rings is 1. The number of thiazole rings is 1. The number of nitrogens with zero attached hydrogens (tertiary/aromatic N) is 2. The predicted molar refractivity (Wildman–Crippen MR) is 92.4 cm³/mol. The molecule has 0 amide bonds. The first-order valence-corrected chi connectivity index (χ1v) is 8.47. The highest BCUT2D eigenvalue weighted by atomic mass is 79.9. The normalized spacial score (nSPS) is 11.8. The van der Waals surface area contributed by atoms with Crippen molar-refractivity contribution < 1.29 is 9.53 Å². The topological polar surface area (TPSA) is 44.1 Å². The van der Waals surface area contributed by atoms with Crippen LogP contribution in [0.15, 0.2) is 40.4 Å². The zero-order chi connectivity index (χ0) is 15.9. The largest absolute Gasteiger partial charge is 0.443 e. The molecule has 0 saturated heterocycles. The van der Waals surface area contributed by atoms with Gasteiger partial charge in [-0.2, -0.15) is 0 Å². The van der Waals surface area contributed by atoms with Crippen LogP contribution in [0.4, 0.5) is 4.79 Å². The minimum absolute atomic E-state index is 0.391. The molecular weight excluding hydrogens is 364 g/mol. The Morgan fingerprint density at radius 1 is 1.32 bits per heavy atom. The number of rotatable bonds is 1. The van der Waals surface area contributed by atoms with Crippen molar-refractivity contribution in [1.82, 2.24) is 9.55 Å². The van der Waals surface area contributed by atoms with E-state index in [1.807, 2.05) is 45.0 Å². The summed E-state index contributed by atoms with van der Waals surface area (Å²) < 4.78 is 8.05. The number of hydrogen-bond acceptors (Lipinski definition) is 4. The summed E-state index contributed by atoms with van der Waals surface area (Å²) in [4.78, 5) is 17.7. The van der Waals surface area contributed by atoms with Crippen molar-refractivity contribution in [2.75, 3.05) is 0 Å². The van der Waals surface area contributed by atoms with Crippen LogP contribution in [0.1, 0.15) is 20.8 Å². The van der Waals surface area contributed by atoms with E-state index < -0.39 is 11.7 Å². The van der Waals surface area contributed by atoms with Crippen LogP contribution >= 0.6 is 27.3 Å². The Balaban J connectivity index is 2.27. The zero-order valence-electron chi connectivity index (χ0n) is 12.5. The molecule has 114 valence electrons. The third kappa shape index (κ3) is 2.68. The van der Waals surface area contributed by atoms with Gasteiger partial charge in [0, 0.05) is 11.6 Å². The van der Waals surface area contributed by atoms with Gasteiger partial charge in [0.2, 0.25) is 0 Å². The molecule has 4 nitrogen and oxygen atoms in total. The van der Waals surface area contributed by atoms with Crippen LogP contribution in [-0.4, -0.2) is 21.2 Å². The molecule has 0 atom stereocenters. The molecule has 3 rings (SSSR count). The molecule has 0 aliphatic heterocycles. The van der Waals surface area contributed by atoms with E-state index in [1.54, 1.807) is 16.3 Å². The van der Waals surface area contributed by atoms with Crippen LogP contribution < -0.4 is 0 Å². The summed E-state index contributed by atoms with van der Waals surface area (Å²) in [5, 5.41) is 0.969. The van der Waals surface area contributed by atoms with E-state index in [0.29, 0.717) is 0 Å². The highest BCUT2D eigenvalue weighted by molar-refractivity contribution is 9.10. The Hall–Kier alpha value is -1.66. The van der Waals surface area contributed by atoms with E-state index in [2.05, 4.69) is 20.9 Å². The summed E-state index contributed by atoms with van der Waals surface area (Å²) in [6, 6.07) is 7.74. The summed E-state index contributed by atoms with van der Waals surface area (Å²) >= 11 is 5.11. The van der Waals surface area contributed by atoms with E-state index in [9.17, 15) is 4.79 Å². The van der Waals surface area contributed by atoms with E-state index in [1.165, 1.54) is 11.3 Å². The Morgan fingerprint density at radius 2 is 2.05 bits per heavy atom. The van der Waals surface area contributed by atoms with Crippen LogP contribution in [0.25, 0.3) is 21.5 Å². The Labute approximate surface area is 140 Å². The van der Waals surface area contributed by atoms with Gasteiger partial charge in [-0.3, -0.25) is 4.98 Å². The molecule has 0 fully saturated rings. The maximum Gasteiger partial charge on any atom is 0.419 e. The molecule has 2 heterocycles. The fraction of sp³-hybridized carbons (Fsp3) is 0.250. The molecule has 0 bridgehead atoms. The fourth-order valence-corrected chi connectivity index (χ4v) is 3.77. The van der Waals surface area contributed by atoms with Gasteiger partial charge in [-0.1, -0.05) is 18.2 Å². The first kappa shape index (κ1) is 15.2. The highest BCUT2D eigenvalue weighted by Gasteiger charge is 2.26. The smallest absolute Gasteiger partial charge is 0.419 e. The second-order valence-electron chi connectivity index (χ2n) is 5.86. The number of carbonyl (C=O) groups is 1. The SMILES string of the molecule is CC(C)(C)OC(=O)n1c(-c2cncs2)c(Br)c2ccccc21. The molecule has 0 aliphatic rings. The number of para-hydroxylation sites is 1. The molecule has 0 aliphatic carbocycles. The minimum atomic E-state index is -0.556. The van der Waals surface area contributed by atoms with Crippen molar-refractivity contribution in [1.29, 1.82) is 0 Å². The van der Waals surface area contributed by atoms with Gasteiger partial charge in [-0.15, -0.1) is 11.3 Å². The zero-order valence-corrected chi connectivity index (χ0v) is 14.9.